The molecule has 0 radical (unpaired) electrons. The molecule has 0 saturated carbocycles. The van der Waals surface area contributed by atoms with Gasteiger partial charge in [0.2, 0.25) is 0 Å². The predicted molar refractivity (Wildman–Crippen MR) is 249 cm³/mol. The molecule has 28 heteroatoms. The Bertz CT molecular complexity index is 4090. The molecule has 2 unspecified atom stereocenters. The van der Waals surface area contributed by atoms with Crippen molar-refractivity contribution in [1.82, 2.24) is 0 Å². The third-order valence-corrected chi connectivity index (χ3v) is 16.5. The average Bonchev–Trinajstić information content (AvgIpc) is 3.37. The van der Waals surface area contributed by atoms with Gasteiger partial charge in [0.1, 0.15) is 11.5 Å². The van der Waals surface area contributed by atoms with Gasteiger partial charge in [0, 0.05) is 34.4 Å². The van der Waals surface area contributed by atoms with Gasteiger partial charge in [-0.15, -0.1) is 0 Å². The van der Waals surface area contributed by atoms with Gasteiger partial charge < -0.3 is 8.37 Å². The number of alkyl halides is 12. The molecule has 0 saturated heterocycles. The highest BCUT2D eigenvalue weighted by Crippen LogP contribution is 2.54. The predicted octanol–water partition coefficient (Wildman–Crippen LogP) is 12.1. The zero-order valence-electron chi connectivity index (χ0n) is 36.9. The summed E-state index contributed by atoms with van der Waals surface area (Å²) < 4.78 is 295. The molecule has 0 amide bonds. The van der Waals surface area contributed by atoms with Gasteiger partial charge in [-0.05, 0) is 77.1 Å². The fourth-order valence-electron chi connectivity index (χ4n) is 9.43. The monoisotopic (exact) mass is 1150 g/mol. The second kappa shape index (κ2) is 16.8. The molecule has 0 aliphatic heterocycles. The Morgan fingerprint density at radius 1 is 0.342 bits per heavy atom. The smallest absolute Gasteiger partial charge is 0.376 e. The Hall–Kier alpha value is -6.98. The molecule has 2 aliphatic carbocycles. The van der Waals surface area contributed by atoms with Gasteiger partial charge in [0.05, 0.1) is 0 Å². The normalized spacial score (nSPS) is 18.8. The maximum absolute atomic E-state index is 14.6. The largest absolute Gasteiger partial charge is 0.534 e. The lowest BCUT2D eigenvalue weighted by Gasteiger charge is -2.37. The second-order valence-corrected chi connectivity index (χ2v) is 23.1. The van der Waals surface area contributed by atoms with E-state index in [9.17, 15) is 86.4 Å². The quantitative estimate of drug-likeness (QED) is 0.0549. The van der Waals surface area contributed by atoms with Crippen molar-refractivity contribution in [3.05, 3.63) is 179 Å². The van der Waals surface area contributed by atoms with Gasteiger partial charge >= 0.3 is 62.5 Å². The summed E-state index contributed by atoms with van der Waals surface area (Å²) in [6, 6.07) is 26.0. The first kappa shape index (κ1) is 52.5. The summed E-state index contributed by atoms with van der Waals surface area (Å²) >= 11 is 0. The van der Waals surface area contributed by atoms with E-state index in [-0.39, 0.29) is 66.0 Å². The summed E-state index contributed by atoms with van der Waals surface area (Å²) in [6.07, 6.45) is 0.498. The Morgan fingerprint density at radius 3 is 0.987 bits per heavy atom. The molecule has 2 atom stereocenters. The molecule has 0 heterocycles. The standard InChI is InChI=1S/C48H24F12O12S4/c49-45(50,51)73(61,62)69-39-23-43(71-75(65,66)47(55,56)57,37-15-5-9-25-7-3-13-33(39)41(25)37)27-17-19-31-29-11-1-2-12-30(29)32-20-18-28(22-36(32)35(31)21-27)44(72-76(67,68)48(58,59)60)24-40(70-74(63,64)46(52,53)54)34-14-4-8-26-10-6-16-38(44)42(26)34/h1-24H. The van der Waals surface area contributed by atoms with E-state index < -0.39 is 119 Å². The van der Waals surface area contributed by atoms with Crippen molar-refractivity contribution in [2.75, 3.05) is 0 Å². The number of halogens is 12. The topological polar surface area (TPSA) is 173 Å². The molecule has 0 aromatic heterocycles. The minimum absolute atomic E-state index is 0.0320. The molecule has 396 valence electrons. The van der Waals surface area contributed by atoms with Crippen LogP contribution in [0, 0.1) is 0 Å². The van der Waals surface area contributed by atoms with Gasteiger partial charge in [-0.3, -0.25) is 0 Å². The molecule has 2 aliphatic rings. The molecule has 10 rings (SSSR count). The number of hydrogen-bond donors (Lipinski definition) is 0. The summed E-state index contributed by atoms with van der Waals surface area (Å²) in [6.45, 7) is 0. The number of rotatable bonds is 10. The van der Waals surface area contributed by atoms with E-state index in [1.54, 1.807) is 0 Å². The summed E-state index contributed by atoms with van der Waals surface area (Å²) in [5.41, 5.74) is -35.3. The van der Waals surface area contributed by atoms with E-state index in [4.69, 9.17) is 8.37 Å². The van der Waals surface area contributed by atoms with Crippen molar-refractivity contribution in [2.45, 2.75) is 33.2 Å². The number of hydrogen-bond acceptors (Lipinski definition) is 12. The van der Waals surface area contributed by atoms with Crippen molar-refractivity contribution in [1.29, 1.82) is 0 Å². The van der Waals surface area contributed by atoms with Crippen LogP contribution < -0.4 is 0 Å². The van der Waals surface area contributed by atoms with Crippen molar-refractivity contribution >= 4 is 106 Å². The van der Waals surface area contributed by atoms with Crippen molar-refractivity contribution in [3.63, 3.8) is 0 Å². The van der Waals surface area contributed by atoms with Crippen LogP contribution in [0.2, 0.25) is 0 Å². The maximum Gasteiger partial charge on any atom is 0.534 e. The Kier molecular flexibility index (Phi) is 11.6. The summed E-state index contributed by atoms with van der Waals surface area (Å²) in [4.78, 5) is 0. The van der Waals surface area contributed by atoms with E-state index in [0.29, 0.717) is 0 Å². The first-order valence-electron chi connectivity index (χ1n) is 21.1. The molecule has 8 aromatic carbocycles. The zero-order valence-corrected chi connectivity index (χ0v) is 40.2. The van der Waals surface area contributed by atoms with Gasteiger partial charge in [0.15, 0.2) is 11.2 Å². The van der Waals surface area contributed by atoms with E-state index in [0.717, 1.165) is 60.7 Å². The fourth-order valence-corrected chi connectivity index (χ4v) is 11.7. The highest BCUT2D eigenvalue weighted by Gasteiger charge is 2.58. The third-order valence-electron chi connectivity index (χ3n) is 12.5. The van der Waals surface area contributed by atoms with Crippen molar-refractivity contribution in [2.24, 2.45) is 0 Å². The SMILES string of the molecule is O=S(=O)(OC1=CC(OS(=O)(=O)C(F)(F)F)(c2ccc3c4ccccc4c4ccc(C5(OS(=O)(=O)C(F)(F)F)C=C(OS(=O)(=O)C(F)(F)F)c6cccc7cccc5c67)cc4c3c2)c2cccc3cccc1c23)C(F)(F)F. The first-order chi connectivity index (χ1) is 35.1. The van der Waals surface area contributed by atoms with Crippen LogP contribution in [0.5, 0.6) is 0 Å². The van der Waals surface area contributed by atoms with Crippen LogP contribution in [0.25, 0.3) is 65.4 Å². The van der Waals surface area contributed by atoms with E-state index in [1.165, 1.54) is 72.8 Å². The van der Waals surface area contributed by atoms with E-state index in [2.05, 4.69) is 8.37 Å². The van der Waals surface area contributed by atoms with Crippen LogP contribution in [0.4, 0.5) is 52.7 Å². The lowest BCUT2D eigenvalue weighted by Crippen LogP contribution is -2.39. The molecule has 0 spiro atoms. The van der Waals surface area contributed by atoms with E-state index in [1.807, 2.05) is 0 Å². The highest BCUT2D eigenvalue weighted by molar-refractivity contribution is 7.88. The molecule has 0 N–H and O–H groups in total. The first-order valence-corrected chi connectivity index (χ1v) is 26.7. The Morgan fingerprint density at radius 2 is 0.658 bits per heavy atom. The fraction of sp³-hybridized carbons (Fsp3) is 0.125. The lowest BCUT2D eigenvalue weighted by atomic mass is 9.76. The van der Waals surface area contributed by atoms with Crippen LogP contribution >= 0.6 is 0 Å². The van der Waals surface area contributed by atoms with Gasteiger partial charge in [-0.2, -0.15) is 86.4 Å². The highest BCUT2D eigenvalue weighted by atomic mass is 32.2. The van der Waals surface area contributed by atoms with Crippen LogP contribution in [-0.4, -0.2) is 55.7 Å². The van der Waals surface area contributed by atoms with Gasteiger partial charge in [-0.1, -0.05) is 121 Å². The average molecular weight is 1150 g/mol. The second-order valence-electron chi connectivity index (χ2n) is 16.9. The summed E-state index contributed by atoms with van der Waals surface area (Å²) in [5, 5.41) is -0.662. The van der Waals surface area contributed by atoms with Crippen LogP contribution in [-0.2, 0) is 68.4 Å². The van der Waals surface area contributed by atoms with Crippen LogP contribution in [0.15, 0.2) is 146 Å². The molecule has 8 aromatic rings. The van der Waals surface area contributed by atoms with E-state index >= 15 is 0 Å². The summed E-state index contributed by atoms with van der Waals surface area (Å²) in [5.74, 6) is -2.75. The zero-order chi connectivity index (χ0) is 55.2. The molecule has 76 heavy (non-hydrogen) atoms. The Balaban J connectivity index is 1.35. The molecular weight excluding hydrogens is 1120 g/mol. The third kappa shape index (κ3) is 8.09. The summed E-state index contributed by atoms with van der Waals surface area (Å²) in [7, 11) is -27.3. The molecule has 12 nitrogen and oxygen atoms in total. The van der Waals surface area contributed by atoms with Crippen LogP contribution in [0.1, 0.15) is 33.4 Å². The lowest BCUT2D eigenvalue weighted by molar-refractivity contribution is -0.0600. The van der Waals surface area contributed by atoms with Crippen LogP contribution in [0.3, 0.4) is 0 Å². The molecule has 0 fully saturated rings. The van der Waals surface area contributed by atoms with Crippen molar-refractivity contribution < 1.29 is 103 Å². The molecular formula is C48H24F12O12S4. The maximum atomic E-state index is 14.6. The number of fused-ring (bicyclic) bond motifs is 6. The Labute approximate surface area is 419 Å². The van der Waals surface area contributed by atoms with Crippen molar-refractivity contribution in [3.8, 4) is 0 Å². The van der Waals surface area contributed by atoms with Gasteiger partial charge in [0.25, 0.3) is 0 Å². The minimum atomic E-state index is -6.93. The molecule has 0 bridgehead atoms. The minimum Gasteiger partial charge on any atom is -0.376 e. The number of benzene rings is 8. The van der Waals surface area contributed by atoms with Gasteiger partial charge in [-0.25, -0.2) is 8.37 Å².